The second-order valence-corrected chi connectivity index (χ2v) is 9.69. The number of hydrogen-bond donors (Lipinski definition) is 1. The van der Waals surface area contributed by atoms with E-state index in [-0.39, 0.29) is 18.6 Å². The largest absolute Gasteiger partial charge is 0.454 e. The Morgan fingerprint density at radius 1 is 1.11 bits per heavy atom. The summed E-state index contributed by atoms with van der Waals surface area (Å²) in [5.74, 6) is 1.99. The third-order valence-electron chi connectivity index (χ3n) is 6.64. The molecule has 0 saturated carbocycles. The van der Waals surface area contributed by atoms with Crippen LogP contribution in [0.15, 0.2) is 55.1 Å². The van der Waals surface area contributed by atoms with Crippen molar-refractivity contribution in [2.75, 3.05) is 12.1 Å². The van der Waals surface area contributed by atoms with E-state index in [1.165, 1.54) is 19.3 Å². The number of amides is 1. The van der Waals surface area contributed by atoms with E-state index in [1.807, 2.05) is 29.2 Å². The Morgan fingerprint density at radius 2 is 2.00 bits per heavy atom. The lowest BCUT2D eigenvalue weighted by Gasteiger charge is -2.20. The highest BCUT2D eigenvalue weighted by molar-refractivity contribution is 5.92. The van der Waals surface area contributed by atoms with Gasteiger partial charge in [0.25, 0.3) is 0 Å². The van der Waals surface area contributed by atoms with E-state index in [1.54, 1.807) is 6.20 Å². The molecule has 4 rings (SSSR count). The summed E-state index contributed by atoms with van der Waals surface area (Å²) in [6.45, 7) is 7.48. The number of fused-ring (bicyclic) bond motifs is 1. The second-order valence-electron chi connectivity index (χ2n) is 9.69. The van der Waals surface area contributed by atoms with Crippen LogP contribution in [0.3, 0.4) is 0 Å². The Hall–Kier alpha value is -3.28. The van der Waals surface area contributed by atoms with Crippen LogP contribution in [0, 0.1) is 0 Å². The molecule has 0 spiro atoms. The predicted molar refractivity (Wildman–Crippen MR) is 139 cm³/mol. The number of rotatable bonds is 12. The van der Waals surface area contributed by atoms with Gasteiger partial charge in [0, 0.05) is 36.6 Å². The summed E-state index contributed by atoms with van der Waals surface area (Å²) in [6.07, 6.45) is 11.6. The number of aromatic nitrogens is 2. The maximum atomic E-state index is 13.4. The van der Waals surface area contributed by atoms with Crippen molar-refractivity contribution in [3.05, 3.63) is 71.8 Å². The first-order valence-electron chi connectivity index (χ1n) is 12.8. The monoisotopic (exact) mass is 475 g/mol. The maximum Gasteiger partial charge on any atom is 0.231 e. The molecule has 1 aliphatic rings. The first-order valence-corrected chi connectivity index (χ1v) is 12.8. The fraction of sp³-hybridized carbons (Fsp3) is 0.448. The Labute approximate surface area is 208 Å². The van der Waals surface area contributed by atoms with E-state index in [0.717, 1.165) is 53.3 Å². The number of nitrogens with zero attached hydrogens (tertiary/aromatic N) is 2. The molecular formula is C29H37N3O3. The number of nitrogens with one attached hydrogen (secondary N) is 1. The van der Waals surface area contributed by atoms with Crippen molar-refractivity contribution in [3.8, 4) is 11.5 Å². The zero-order valence-corrected chi connectivity index (χ0v) is 21.1. The predicted octanol–water partition coefficient (Wildman–Crippen LogP) is 6.87. The molecule has 2 aromatic carbocycles. The molecule has 2 heterocycles. The molecule has 1 atom stereocenters. The molecular weight excluding hydrogens is 438 g/mol. The van der Waals surface area contributed by atoms with E-state index in [0.29, 0.717) is 12.3 Å². The lowest BCUT2D eigenvalue weighted by molar-refractivity contribution is -0.116. The fourth-order valence-corrected chi connectivity index (χ4v) is 4.79. The number of ether oxygens (including phenoxy) is 2. The van der Waals surface area contributed by atoms with Crippen LogP contribution < -0.4 is 14.8 Å². The first kappa shape index (κ1) is 24.8. The molecule has 1 aliphatic heterocycles. The number of hydrogen-bond acceptors (Lipinski definition) is 4. The van der Waals surface area contributed by atoms with Gasteiger partial charge in [0.15, 0.2) is 11.5 Å². The SMILES string of the molecule is CCCCCCC(CC(=O)Nc1cc(Cn2ccnc2)ccc1C(C)C)c1cccc2c1OCO2. The van der Waals surface area contributed by atoms with Crippen LogP contribution in [-0.4, -0.2) is 22.3 Å². The standard InChI is InChI=1S/C29H37N3O3/c1-4-5-6-7-9-23(25-10-8-11-27-29(25)35-20-34-27)17-28(33)31-26-16-22(12-13-24(26)21(2)3)18-32-15-14-30-19-32/h8,10-16,19,21,23H,4-7,9,17-18,20H2,1-3H3,(H,31,33). The van der Waals surface area contributed by atoms with Crippen molar-refractivity contribution < 1.29 is 14.3 Å². The fourth-order valence-electron chi connectivity index (χ4n) is 4.79. The number of imidazole rings is 1. The normalized spacial score (nSPS) is 13.3. The van der Waals surface area contributed by atoms with Gasteiger partial charge in [-0.15, -0.1) is 0 Å². The Balaban J connectivity index is 1.52. The van der Waals surface area contributed by atoms with Crippen LogP contribution in [-0.2, 0) is 11.3 Å². The molecule has 0 radical (unpaired) electrons. The molecule has 1 aromatic heterocycles. The Kier molecular flexibility index (Phi) is 8.45. The van der Waals surface area contributed by atoms with Crippen LogP contribution in [0.4, 0.5) is 5.69 Å². The van der Waals surface area contributed by atoms with Crippen molar-refractivity contribution in [2.24, 2.45) is 0 Å². The van der Waals surface area contributed by atoms with Crippen LogP contribution >= 0.6 is 0 Å². The number of carbonyl (C=O) groups excluding carboxylic acids is 1. The lowest BCUT2D eigenvalue weighted by Crippen LogP contribution is -2.18. The highest BCUT2D eigenvalue weighted by atomic mass is 16.7. The number of para-hydroxylation sites is 1. The molecule has 0 fully saturated rings. The molecule has 6 nitrogen and oxygen atoms in total. The van der Waals surface area contributed by atoms with Gasteiger partial charge in [0.05, 0.1) is 6.33 Å². The quantitative estimate of drug-likeness (QED) is 0.290. The molecule has 0 bridgehead atoms. The van der Waals surface area contributed by atoms with Gasteiger partial charge in [-0.25, -0.2) is 4.98 Å². The van der Waals surface area contributed by atoms with E-state index in [2.05, 4.69) is 55.3 Å². The Bertz CT molecular complexity index is 1110. The molecule has 6 heteroatoms. The number of anilines is 1. The van der Waals surface area contributed by atoms with Gasteiger partial charge < -0.3 is 19.4 Å². The van der Waals surface area contributed by atoms with Crippen molar-refractivity contribution in [1.29, 1.82) is 0 Å². The third kappa shape index (κ3) is 6.44. The summed E-state index contributed by atoms with van der Waals surface area (Å²) < 4.78 is 13.4. The van der Waals surface area contributed by atoms with Crippen molar-refractivity contribution in [1.82, 2.24) is 9.55 Å². The van der Waals surface area contributed by atoms with Gasteiger partial charge in [0.1, 0.15) is 0 Å². The molecule has 35 heavy (non-hydrogen) atoms. The Morgan fingerprint density at radius 3 is 2.77 bits per heavy atom. The zero-order valence-electron chi connectivity index (χ0n) is 21.1. The summed E-state index contributed by atoms with van der Waals surface area (Å²) in [6, 6.07) is 12.4. The first-order chi connectivity index (χ1) is 17.0. The summed E-state index contributed by atoms with van der Waals surface area (Å²) in [5.41, 5.74) is 4.24. The minimum absolute atomic E-state index is 0.0312. The smallest absolute Gasteiger partial charge is 0.231 e. The number of unbranched alkanes of at least 4 members (excludes halogenated alkanes) is 3. The van der Waals surface area contributed by atoms with Crippen molar-refractivity contribution in [2.45, 2.75) is 77.7 Å². The average molecular weight is 476 g/mol. The third-order valence-corrected chi connectivity index (χ3v) is 6.64. The maximum absolute atomic E-state index is 13.4. The van der Waals surface area contributed by atoms with Gasteiger partial charge in [-0.3, -0.25) is 4.79 Å². The number of carbonyl (C=O) groups is 1. The van der Waals surface area contributed by atoms with Crippen LogP contribution in [0.5, 0.6) is 11.5 Å². The zero-order chi connectivity index (χ0) is 24.6. The molecule has 3 aromatic rings. The molecule has 0 saturated heterocycles. The average Bonchev–Trinajstić information content (AvgIpc) is 3.53. The number of benzene rings is 2. The molecule has 1 unspecified atom stereocenters. The van der Waals surface area contributed by atoms with Crippen molar-refractivity contribution >= 4 is 11.6 Å². The van der Waals surface area contributed by atoms with Crippen molar-refractivity contribution in [3.63, 3.8) is 0 Å². The summed E-state index contributed by atoms with van der Waals surface area (Å²) >= 11 is 0. The van der Waals surface area contributed by atoms with Crippen LogP contribution in [0.25, 0.3) is 0 Å². The molecule has 186 valence electrons. The summed E-state index contributed by atoms with van der Waals surface area (Å²) in [5, 5.41) is 3.25. The van der Waals surface area contributed by atoms with E-state index < -0.39 is 0 Å². The van der Waals surface area contributed by atoms with Crippen LogP contribution in [0.1, 0.15) is 87.8 Å². The van der Waals surface area contributed by atoms with Gasteiger partial charge in [-0.2, -0.15) is 0 Å². The second kappa shape index (κ2) is 11.9. The minimum atomic E-state index is 0.0312. The lowest BCUT2D eigenvalue weighted by atomic mass is 9.88. The molecule has 1 amide bonds. The van der Waals surface area contributed by atoms with Gasteiger partial charge in [0.2, 0.25) is 12.7 Å². The van der Waals surface area contributed by atoms with Gasteiger partial charge in [-0.1, -0.05) is 70.7 Å². The molecule has 1 N–H and O–H groups in total. The van der Waals surface area contributed by atoms with Gasteiger partial charge >= 0.3 is 0 Å². The topological polar surface area (TPSA) is 65.4 Å². The van der Waals surface area contributed by atoms with Crippen LogP contribution in [0.2, 0.25) is 0 Å². The van der Waals surface area contributed by atoms with E-state index >= 15 is 0 Å². The summed E-state index contributed by atoms with van der Waals surface area (Å²) in [7, 11) is 0. The minimum Gasteiger partial charge on any atom is -0.454 e. The van der Waals surface area contributed by atoms with E-state index in [4.69, 9.17) is 9.47 Å². The summed E-state index contributed by atoms with van der Waals surface area (Å²) in [4.78, 5) is 17.5. The van der Waals surface area contributed by atoms with Gasteiger partial charge in [-0.05, 0) is 41.5 Å². The highest BCUT2D eigenvalue weighted by Crippen LogP contribution is 2.42. The molecule has 0 aliphatic carbocycles. The van der Waals surface area contributed by atoms with E-state index in [9.17, 15) is 4.79 Å². The highest BCUT2D eigenvalue weighted by Gasteiger charge is 2.25.